The number of nitrogens with zero attached hydrogens (tertiary/aromatic N) is 1. The molecule has 0 aromatic heterocycles. The molecule has 134 valence electrons. The third kappa shape index (κ3) is 3.96. The predicted molar refractivity (Wildman–Crippen MR) is 100 cm³/mol. The van der Waals surface area contributed by atoms with E-state index in [0.29, 0.717) is 16.2 Å². The van der Waals surface area contributed by atoms with E-state index in [9.17, 15) is 14.0 Å². The first-order chi connectivity index (χ1) is 12.5. The highest BCUT2D eigenvalue weighted by Gasteiger charge is 2.36. The Labute approximate surface area is 155 Å². The molecule has 2 aromatic rings. The van der Waals surface area contributed by atoms with Crippen LogP contribution in [-0.4, -0.2) is 22.1 Å². The van der Waals surface area contributed by atoms with Gasteiger partial charge in [-0.05, 0) is 55.4 Å². The quantitative estimate of drug-likeness (QED) is 0.705. The van der Waals surface area contributed by atoms with Gasteiger partial charge in [-0.15, -0.1) is 0 Å². The molecule has 1 fully saturated rings. The van der Waals surface area contributed by atoms with Crippen molar-refractivity contribution in [2.24, 2.45) is 0 Å². The summed E-state index contributed by atoms with van der Waals surface area (Å²) in [6.07, 6.45) is 1.67. The van der Waals surface area contributed by atoms with Crippen LogP contribution < -0.4 is 4.74 Å². The molecule has 1 saturated heterocycles. The van der Waals surface area contributed by atoms with E-state index in [4.69, 9.17) is 4.74 Å². The number of hydrogen-bond acceptors (Lipinski definition) is 4. The van der Waals surface area contributed by atoms with E-state index < -0.39 is 0 Å². The highest BCUT2D eigenvalue weighted by Crippen LogP contribution is 2.33. The molecular formula is C20H18FNO3S. The van der Waals surface area contributed by atoms with Gasteiger partial charge in [-0.25, -0.2) is 4.39 Å². The van der Waals surface area contributed by atoms with Gasteiger partial charge in [0.05, 0.1) is 4.91 Å². The van der Waals surface area contributed by atoms with E-state index in [1.54, 1.807) is 56.3 Å². The van der Waals surface area contributed by atoms with Crippen molar-refractivity contribution in [3.8, 4) is 5.75 Å². The van der Waals surface area contributed by atoms with E-state index in [0.717, 1.165) is 17.3 Å². The van der Waals surface area contributed by atoms with Gasteiger partial charge in [-0.1, -0.05) is 30.3 Å². The Morgan fingerprint density at radius 1 is 1.15 bits per heavy atom. The Morgan fingerprint density at radius 3 is 2.62 bits per heavy atom. The lowest BCUT2D eigenvalue weighted by Gasteiger charge is -2.16. The van der Waals surface area contributed by atoms with Gasteiger partial charge in [0.2, 0.25) is 0 Å². The van der Waals surface area contributed by atoms with Crippen molar-refractivity contribution in [1.82, 2.24) is 4.90 Å². The SMILES string of the molecule is CC(C)N1C(=O)S/C(=C/c2cccc(OCc3ccccc3F)c2)C1=O. The van der Waals surface area contributed by atoms with E-state index >= 15 is 0 Å². The van der Waals surface area contributed by atoms with E-state index in [1.807, 2.05) is 6.07 Å². The van der Waals surface area contributed by atoms with Crippen molar-refractivity contribution >= 4 is 29.0 Å². The fourth-order valence-electron chi connectivity index (χ4n) is 2.55. The number of halogens is 1. The summed E-state index contributed by atoms with van der Waals surface area (Å²) in [5.41, 5.74) is 1.21. The fourth-order valence-corrected chi connectivity index (χ4v) is 3.51. The summed E-state index contributed by atoms with van der Waals surface area (Å²) in [5.74, 6) is -0.0382. The molecule has 26 heavy (non-hydrogen) atoms. The van der Waals surface area contributed by atoms with Gasteiger partial charge < -0.3 is 4.74 Å². The summed E-state index contributed by atoms with van der Waals surface area (Å²) in [4.78, 5) is 25.9. The second-order valence-electron chi connectivity index (χ2n) is 6.10. The van der Waals surface area contributed by atoms with E-state index in [1.165, 1.54) is 11.0 Å². The van der Waals surface area contributed by atoms with E-state index in [2.05, 4.69) is 0 Å². The van der Waals surface area contributed by atoms with Crippen LogP contribution in [0.4, 0.5) is 9.18 Å². The molecule has 0 unspecified atom stereocenters. The molecular weight excluding hydrogens is 353 g/mol. The van der Waals surface area contributed by atoms with Crippen LogP contribution in [0.2, 0.25) is 0 Å². The number of ether oxygens (including phenoxy) is 1. The predicted octanol–water partition coefficient (Wildman–Crippen LogP) is 4.85. The highest BCUT2D eigenvalue weighted by molar-refractivity contribution is 8.18. The summed E-state index contributed by atoms with van der Waals surface area (Å²) >= 11 is 0.931. The lowest BCUT2D eigenvalue weighted by atomic mass is 10.2. The molecule has 0 saturated carbocycles. The molecule has 0 radical (unpaired) electrons. The number of benzene rings is 2. The molecule has 6 heteroatoms. The Bertz CT molecular complexity index is 879. The Balaban J connectivity index is 1.75. The molecule has 1 heterocycles. The first kappa shape index (κ1) is 18.2. The topological polar surface area (TPSA) is 46.6 Å². The average Bonchev–Trinajstić information content (AvgIpc) is 2.88. The summed E-state index contributed by atoms with van der Waals surface area (Å²) in [6, 6.07) is 13.4. The fraction of sp³-hybridized carbons (Fsp3) is 0.200. The molecule has 1 aliphatic rings. The summed E-state index contributed by atoms with van der Waals surface area (Å²) < 4.78 is 19.3. The zero-order valence-corrected chi connectivity index (χ0v) is 15.3. The molecule has 2 aromatic carbocycles. The van der Waals surface area contributed by atoms with Crippen molar-refractivity contribution in [2.45, 2.75) is 26.5 Å². The van der Waals surface area contributed by atoms with Crippen molar-refractivity contribution in [3.05, 3.63) is 70.4 Å². The normalized spacial score (nSPS) is 16.0. The molecule has 2 amide bonds. The maximum atomic E-state index is 13.7. The molecule has 0 atom stereocenters. The Hall–Kier alpha value is -2.60. The van der Waals surface area contributed by atoms with Crippen LogP contribution >= 0.6 is 11.8 Å². The zero-order chi connectivity index (χ0) is 18.7. The lowest BCUT2D eigenvalue weighted by molar-refractivity contribution is -0.123. The van der Waals surface area contributed by atoms with Gasteiger partial charge in [-0.2, -0.15) is 0 Å². The van der Waals surface area contributed by atoms with Crippen molar-refractivity contribution in [1.29, 1.82) is 0 Å². The number of imide groups is 1. The Kier molecular flexibility index (Phi) is 5.42. The molecule has 0 N–H and O–H groups in total. The van der Waals surface area contributed by atoms with Crippen molar-refractivity contribution in [2.75, 3.05) is 0 Å². The van der Waals surface area contributed by atoms with Gasteiger partial charge in [-0.3, -0.25) is 14.5 Å². The van der Waals surface area contributed by atoms with Crippen molar-refractivity contribution < 1.29 is 18.7 Å². The van der Waals surface area contributed by atoms with Gasteiger partial charge in [0.25, 0.3) is 11.1 Å². The minimum absolute atomic E-state index is 0.111. The number of carbonyl (C=O) groups is 2. The third-order valence-electron chi connectivity index (χ3n) is 3.85. The van der Waals surface area contributed by atoms with Gasteiger partial charge in [0, 0.05) is 11.6 Å². The third-order valence-corrected chi connectivity index (χ3v) is 4.73. The minimum atomic E-state index is -0.314. The van der Waals surface area contributed by atoms with Gasteiger partial charge in [0.15, 0.2) is 0 Å². The summed E-state index contributed by atoms with van der Waals surface area (Å²) in [5, 5.41) is -0.261. The van der Waals surface area contributed by atoms with E-state index in [-0.39, 0.29) is 29.6 Å². The zero-order valence-electron chi connectivity index (χ0n) is 14.4. The van der Waals surface area contributed by atoms with Crippen molar-refractivity contribution in [3.63, 3.8) is 0 Å². The smallest absolute Gasteiger partial charge is 0.293 e. The molecule has 4 nitrogen and oxygen atoms in total. The molecule has 0 aliphatic carbocycles. The number of amides is 2. The van der Waals surface area contributed by atoms with Crippen LogP contribution in [0.3, 0.4) is 0 Å². The van der Waals surface area contributed by atoms with Crippen LogP contribution in [0.25, 0.3) is 6.08 Å². The number of hydrogen-bond donors (Lipinski definition) is 0. The van der Waals surface area contributed by atoms with Crippen LogP contribution in [0.1, 0.15) is 25.0 Å². The maximum absolute atomic E-state index is 13.7. The van der Waals surface area contributed by atoms with Crippen LogP contribution in [0, 0.1) is 5.82 Å². The van der Waals surface area contributed by atoms with Crippen LogP contribution in [0.5, 0.6) is 5.75 Å². The number of thioether (sulfide) groups is 1. The Morgan fingerprint density at radius 2 is 1.92 bits per heavy atom. The summed E-state index contributed by atoms with van der Waals surface area (Å²) in [6.45, 7) is 3.72. The number of rotatable bonds is 5. The maximum Gasteiger partial charge on any atom is 0.293 e. The monoisotopic (exact) mass is 371 g/mol. The molecule has 1 aliphatic heterocycles. The first-order valence-electron chi connectivity index (χ1n) is 8.19. The number of carbonyl (C=O) groups excluding carboxylic acids is 2. The molecule has 3 rings (SSSR count). The minimum Gasteiger partial charge on any atom is -0.489 e. The largest absolute Gasteiger partial charge is 0.489 e. The standard InChI is InChI=1S/C20H18FNO3S/c1-13(2)22-19(23)18(26-20(22)24)11-14-6-5-8-16(10-14)25-12-15-7-3-4-9-17(15)21/h3-11,13H,12H2,1-2H3/b18-11+. The van der Waals surface area contributed by atoms with Crippen LogP contribution in [-0.2, 0) is 11.4 Å². The van der Waals surface area contributed by atoms with Gasteiger partial charge in [0.1, 0.15) is 18.2 Å². The average molecular weight is 371 g/mol. The second kappa shape index (κ2) is 7.74. The highest BCUT2D eigenvalue weighted by atomic mass is 32.2. The molecule has 0 spiro atoms. The van der Waals surface area contributed by atoms with Crippen LogP contribution in [0.15, 0.2) is 53.4 Å². The molecule has 0 bridgehead atoms. The van der Waals surface area contributed by atoms with Gasteiger partial charge >= 0.3 is 0 Å². The first-order valence-corrected chi connectivity index (χ1v) is 9.00. The lowest BCUT2D eigenvalue weighted by Crippen LogP contribution is -2.34. The summed E-state index contributed by atoms with van der Waals surface area (Å²) in [7, 11) is 0. The second-order valence-corrected chi connectivity index (χ2v) is 7.09.